The van der Waals surface area contributed by atoms with Crippen LogP contribution in [0.3, 0.4) is 0 Å². The summed E-state index contributed by atoms with van der Waals surface area (Å²) in [6.45, 7) is 4.06. The molecule has 0 aliphatic carbocycles. The van der Waals surface area contributed by atoms with E-state index in [0.29, 0.717) is 21.6 Å². The van der Waals surface area contributed by atoms with E-state index in [1.165, 1.54) is 0 Å². The number of rotatable bonds is 4. The molecule has 0 aliphatic rings. The van der Waals surface area contributed by atoms with Crippen molar-refractivity contribution in [3.8, 4) is 17.1 Å². The molecule has 3 aromatic carbocycles. The number of benzene rings is 3. The van der Waals surface area contributed by atoms with Crippen LogP contribution in [0.25, 0.3) is 17.1 Å². The van der Waals surface area contributed by atoms with Gasteiger partial charge in [-0.2, -0.15) is 0 Å². The van der Waals surface area contributed by atoms with Crippen molar-refractivity contribution in [2.24, 2.45) is 0 Å². The third kappa shape index (κ3) is 3.95. The molecule has 0 unspecified atom stereocenters. The number of aryl methyl sites for hydroxylation is 1. The van der Waals surface area contributed by atoms with Crippen molar-refractivity contribution < 1.29 is 4.79 Å². The summed E-state index contributed by atoms with van der Waals surface area (Å²) in [6.07, 6.45) is 0. The van der Waals surface area contributed by atoms with Crippen LogP contribution in [-0.4, -0.2) is 20.7 Å². The predicted molar refractivity (Wildman–Crippen MR) is 121 cm³/mol. The summed E-state index contributed by atoms with van der Waals surface area (Å²) in [7, 11) is 0. The summed E-state index contributed by atoms with van der Waals surface area (Å²) in [6, 6.07) is 20.5. The lowest BCUT2D eigenvalue weighted by Gasteiger charge is -2.10. The molecule has 0 fully saturated rings. The summed E-state index contributed by atoms with van der Waals surface area (Å²) in [5.41, 5.74) is 4.44. The molecule has 0 spiro atoms. The SMILES string of the molecule is Cc1cccc(-n2nc(C(=O)Nc3ccc(Cl)c(Cl)c3)nc2-c2ccccc2)c1C. The van der Waals surface area contributed by atoms with E-state index >= 15 is 0 Å². The van der Waals surface area contributed by atoms with Crippen LogP contribution in [0.1, 0.15) is 21.7 Å². The van der Waals surface area contributed by atoms with Gasteiger partial charge in [-0.3, -0.25) is 4.79 Å². The molecule has 0 saturated heterocycles. The van der Waals surface area contributed by atoms with Crippen LogP contribution in [0.5, 0.6) is 0 Å². The molecule has 1 amide bonds. The molecule has 4 aromatic rings. The second-order valence-electron chi connectivity index (χ2n) is 6.84. The van der Waals surface area contributed by atoms with Crippen molar-refractivity contribution in [1.29, 1.82) is 0 Å². The number of anilines is 1. The van der Waals surface area contributed by atoms with Gasteiger partial charge in [0.05, 0.1) is 15.7 Å². The maximum absolute atomic E-state index is 12.9. The van der Waals surface area contributed by atoms with Gasteiger partial charge in [-0.15, -0.1) is 5.10 Å². The second-order valence-corrected chi connectivity index (χ2v) is 7.65. The molecular formula is C23H18Cl2N4O. The molecule has 7 heteroatoms. The molecule has 0 aliphatic heterocycles. The number of aromatic nitrogens is 3. The summed E-state index contributed by atoms with van der Waals surface area (Å²) in [5.74, 6) is 0.207. The fraction of sp³-hybridized carbons (Fsp3) is 0.0870. The third-order valence-electron chi connectivity index (χ3n) is 4.82. The van der Waals surface area contributed by atoms with Crippen molar-refractivity contribution in [3.63, 3.8) is 0 Å². The Morgan fingerprint density at radius 3 is 2.43 bits per heavy atom. The number of carbonyl (C=O) groups excluding carboxylic acids is 1. The molecule has 0 saturated carbocycles. The number of nitrogens with one attached hydrogen (secondary N) is 1. The zero-order valence-electron chi connectivity index (χ0n) is 16.4. The van der Waals surface area contributed by atoms with Crippen molar-refractivity contribution in [3.05, 3.63) is 93.7 Å². The molecule has 1 heterocycles. The van der Waals surface area contributed by atoms with Gasteiger partial charge < -0.3 is 5.32 Å². The Bertz CT molecular complexity index is 1240. The Morgan fingerprint density at radius 2 is 1.70 bits per heavy atom. The van der Waals surface area contributed by atoms with E-state index in [9.17, 15) is 4.79 Å². The van der Waals surface area contributed by atoms with Gasteiger partial charge in [0.15, 0.2) is 5.82 Å². The third-order valence-corrected chi connectivity index (χ3v) is 5.56. The van der Waals surface area contributed by atoms with Crippen molar-refractivity contribution in [1.82, 2.24) is 14.8 Å². The fourth-order valence-electron chi connectivity index (χ4n) is 3.08. The van der Waals surface area contributed by atoms with E-state index in [-0.39, 0.29) is 5.82 Å². The van der Waals surface area contributed by atoms with E-state index in [1.807, 2.05) is 62.4 Å². The predicted octanol–water partition coefficient (Wildman–Crippen LogP) is 6.11. The molecule has 1 N–H and O–H groups in total. The zero-order chi connectivity index (χ0) is 21.3. The minimum Gasteiger partial charge on any atom is -0.319 e. The molecule has 0 radical (unpaired) electrons. The minimum absolute atomic E-state index is 0.0563. The maximum atomic E-state index is 12.9. The van der Waals surface area contributed by atoms with Gasteiger partial charge in [-0.25, -0.2) is 9.67 Å². The number of halogens is 2. The second kappa shape index (κ2) is 8.30. The average molecular weight is 437 g/mol. The van der Waals surface area contributed by atoms with Crippen molar-refractivity contribution in [2.75, 3.05) is 5.32 Å². The normalized spacial score (nSPS) is 10.8. The molecule has 0 bridgehead atoms. The first-order valence-electron chi connectivity index (χ1n) is 9.29. The average Bonchev–Trinajstić information content (AvgIpc) is 3.19. The summed E-state index contributed by atoms with van der Waals surface area (Å²) in [5, 5.41) is 8.07. The Labute approximate surface area is 184 Å². The fourth-order valence-corrected chi connectivity index (χ4v) is 3.37. The first-order valence-corrected chi connectivity index (χ1v) is 10.0. The topological polar surface area (TPSA) is 59.8 Å². The molecule has 0 atom stereocenters. The van der Waals surface area contributed by atoms with Gasteiger partial charge in [0.25, 0.3) is 5.91 Å². The summed E-state index contributed by atoms with van der Waals surface area (Å²) in [4.78, 5) is 17.4. The highest BCUT2D eigenvalue weighted by molar-refractivity contribution is 6.42. The number of carbonyl (C=O) groups is 1. The molecular weight excluding hydrogens is 419 g/mol. The molecule has 5 nitrogen and oxygen atoms in total. The monoisotopic (exact) mass is 436 g/mol. The first-order chi connectivity index (χ1) is 14.4. The lowest BCUT2D eigenvalue weighted by Crippen LogP contribution is -2.14. The van der Waals surface area contributed by atoms with Crippen LogP contribution in [0.15, 0.2) is 66.7 Å². The first kappa shape index (κ1) is 20.1. The Hall–Kier alpha value is -3.15. The van der Waals surface area contributed by atoms with Crippen LogP contribution >= 0.6 is 23.2 Å². The van der Waals surface area contributed by atoms with Crippen molar-refractivity contribution in [2.45, 2.75) is 13.8 Å². The molecule has 30 heavy (non-hydrogen) atoms. The lowest BCUT2D eigenvalue weighted by atomic mass is 10.1. The Kier molecular flexibility index (Phi) is 5.57. The van der Waals surface area contributed by atoms with Gasteiger partial charge in [-0.1, -0.05) is 65.7 Å². The summed E-state index contributed by atoms with van der Waals surface area (Å²) < 4.78 is 1.71. The number of nitrogens with zero attached hydrogens (tertiary/aromatic N) is 3. The van der Waals surface area contributed by atoms with Crippen LogP contribution in [0.4, 0.5) is 5.69 Å². The smallest absolute Gasteiger partial charge is 0.295 e. The number of hydrogen-bond donors (Lipinski definition) is 1. The molecule has 1 aromatic heterocycles. The molecule has 150 valence electrons. The van der Waals surface area contributed by atoms with Crippen LogP contribution in [0.2, 0.25) is 10.0 Å². The van der Waals surface area contributed by atoms with Crippen LogP contribution < -0.4 is 5.32 Å². The largest absolute Gasteiger partial charge is 0.319 e. The van der Waals surface area contributed by atoms with Gasteiger partial charge >= 0.3 is 0 Å². The van der Waals surface area contributed by atoms with Gasteiger partial charge in [0.2, 0.25) is 5.82 Å². The Morgan fingerprint density at radius 1 is 0.933 bits per heavy atom. The van der Waals surface area contributed by atoms with E-state index in [1.54, 1.807) is 22.9 Å². The molecule has 4 rings (SSSR count). The van der Waals surface area contributed by atoms with Crippen molar-refractivity contribution >= 4 is 34.8 Å². The Balaban J connectivity index is 1.78. The van der Waals surface area contributed by atoms with Gasteiger partial charge in [0.1, 0.15) is 0 Å². The lowest BCUT2D eigenvalue weighted by molar-refractivity contribution is 0.101. The zero-order valence-corrected chi connectivity index (χ0v) is 17.9. The number of hydrogen-bond acceptors (Lipinski definition) is 3. The highest BCUT2D eigenvalue weighted by Gasteiger charge is 2.20. The van der Waals surface area contributed by atoms with Gasteiger partial charge in [0, 0.05) is 11.3 Å². The van der Waals surface area contributed by atoms with Crippen LogP contribution in [0, 0.1) is 13.8 Å². The van der Waals surface area contributed by atoms with E-state index in [2.05, 4.69) is 15.4 Å². The highest BCUT2D eigenvalue weighted by atomic mass is 35.5. The number of amides is 1. The maximum Gasteiger partial charge on any atom is 0.295 e. The summed E-state index contributed by atoms with van der Waals surface area (Å²) >= 11 is 12.0. The minimum atomic E-state index is -0.436. The van der Waals surface area contributed by atoms with E-state index in [4.69, 9.17) is 23.2 Å². The quantitative estimate of drug-likeness (QED) is 0.419. The van der Waals surface area contributed by atoms with E-state index in [0.717, 1.165) is 22.4 Å². The van der Waals surface area contributed by atoms with Crippen LogP contribution in [-0.2, 0) is 0 Å². The standard InChI is InChI=1S/C23H18Cl2N4O/c1-14-7-6-10-20(15(14)2)29-22(16-8-4-3-5-9-16)27-21(28-29)23(30)26-17-11-12-18(24)19(25)13-17/h3-13H,1-2H3,(H,26,30). The highest BCUT2D eigenvalue weighted by Crippen LogP contribution is 2.27. The van der Waals surface area contributed by atoms with Gasteiger partial charge in [-0.05, 0) is 49.2 Å². The van der Waals surface area contributed by atoms with E-state index < -0.39 is 5.91 Å².